The number of hydrogen-bond acceptors (Lipinski definition) is 2. The van der Waals surface area contributed by atoms with E-state index in [1.54, 1.807) is 0 Å². The summed E-state index contributed by atoms with van der Waals surface area (Å²) in [5.74, 6) is -1.93. The summed E-state index contributed by atoms with van der Waals surface area (Å²) in [4.78, 5) is 1.89. The zero-order chi connectivity index (χ0) is 10.9. The van der Waals surface area contributed by atoms with Crippen molar-refractivity contribution < 1.29 is 8.78 Å². The van der Waals surface area contributed by atoms with Crippen molar-refractivity contribution >= 4 is 0 Å². The van der Waals surface area contributed by atoms with Crippen molar-refractivity contribution in [3.8, 4) is 6.07 Å². The van der Waals surface area contributed by atoms with E-state index >= 15 is 0 Å². The van der Waals surface area contributed by atoms with Crippen LogP contribution in [0, 0.1) is 17.2 Å². The van der Waals surface area contributed by atoms with Gasteiger partial charge in [-0.05, 0) is 31.6 Å². The summed E-state index contributed by atoms with van der Waals surface area (Å²) in [5.41, 5.74) is 0. The Bertz CT molecular complexity index is 256. The molecular weight excluding hydrogens is 198 g/mol. The predicted octanol–water partition coefficient (Wildman–Crippen LogP) is 2.41. The predicted molar refractivity (Wildman–Crippen MR) is 52.5 cm³/mol. The molecule has 0 amide bonds. The molecule has 1 saturated heterocycles. The summed E-state index contributed by atoms with van der Waals surface area (Å²) < 4.78 is 25.3. The normalized spacial score (nSPS) is 35.5. The van der Waals surface area contributed by atoms with Crippen LogP contribution in [0.2, 0.25) is 0 Å². The highest BCUT2D eigenvalue weighted by molar-refractivity contribution is 4.93. The molecule has 2 rings (SSSR count). The zero-order valence-corrected chi connectivity index (χ0v) is 8.75. The Labute approximate surface area is 88.9 Å². The Balaban J connectivity index is 1.73. The molecule has 1 aliphatic carbocycles. The lowest BCUT2D eigenvalue weighted by Gasteiger charge is -2.46. The first-order chi connectivity index (χ1) is 7.11. The van der Waals surface area contributed by atoms with Crippen LogP contribution in [0.5, 0.6) is 0 Å². The quantitative estimate of drug-likeness (QED) is 0.705. The van der Waals surface area contributed by atoms with Crippen molar-refractivity contribution in [2.24, 2.45) is 5.92 Å². The first-order valence-electron chi connectivity index (χ1n) is 5.59. The standard InChI is InChI=1S/C11H16F2N2/c12-11(13)7-15(8-11)10-3-1-9(2-4-10)5-6-14/h9-10H,1-5,7-8H2. The molecule has 15 heavy (non-hydrogen) atoms. The Kier molecular flexibility index (Phi) is 2.92. The molecule has 84 valence electrons. The maximum absolute atomic E-state index is 12.7. The van der Waals surface area contributed by atoms with Crippen molar-refractivity contribution in [2.45, 2.75) is 44.1 Å². The summed E-state index contributed by atoms with van der Waals surface area (Å²) in [6.45, 7) is -0.110. The van der Waals surface area contributed by atoms with E-state index in [1.807, 2.05) is 4.90 Å². The van der Waals surface area contributed by atoms with Gasteiger partial charge in [0.2, 0.25) is 0 Å². The van der Waals surface area contributed by atoms with Gasteiger partial charge in [-0.15, -0.1) is 0 Å². The fourth-order valence-corrected chi connectivity index (χ4v) is 2.65. The van der Waals surface area contributed by atoms with Gasteiger partial charge in [-0.2, -0.15) is 5.26 Å². The summed E-state index contributed by atoms with van der Waals surface area (Å²) in [6, 6.07) is 2.54. The molecule has 4 heteroatoms. The maximum Gasteiger partial charge on any atom is 0.272 e. The van der Waals surface area contributed by atoms with Crippen LogP contribution >= 0.6 is 0 Å². The van der Waals surface area contributed by atoms with Crippen LogP contribution in [-0.4, -0.2) is 30.0 Å². The molecule has 0 aromatic rings. The lowest BCUT2D eigenvalue weighted by molar-refractivity contribution is -0.150. The molecule has 0 aromatic carbocycles. The van der Waals surface area contributed by atoms with E-state index in [4.69, 9.17) is 5.26 Å². The highest BCUT2D eigenvalue weighted by atomic mass is 19.3. The van der Waals surface area contributed by atoms with Crippen LogP contribution in [0.1, 0.15) is 32.1 Å². The van der Waals surface area contributed by atoms with Crippen LogP contribution in [0.15, 0.2) is 0 Å². The van der Waals surface area contributed by atoms with Gasteiger partial charge >= 0.3 is 0 Å². The van der Waals surface area contributed by atoms with Crippen LogP contribution in [0.3, 0.4) is 0 Å². The molecule has 2 nitrogen and oxygen atoms in total. The third-order valence-electron chi connectivity index (χ3n) is 3.58. The monoisotopic (exact) mass is 214 g/mol. The number of halogens is 2. The lowest BCUT2D eigenvalue weighted by Crippen LogP contribution is -2.60. The zero-order valence-electron chi connectivity index (χ0n) is 8.75. The smallest absolute Gasteiger partial charge is 0.272 e. The molecule has 1 heterocycles. The molecule has 0 radical (unpaired) electrons. The van der Waals surface area contributed by atoms with Gasteiger partial charge in [0.25, 0.3) is 5.92 Å². The second-order valence-electron chi connectivity index (χ2n) is 4.80. The van der Waals surface area contributed by atoms with Crippen molar-refractivity contribution in [1.82, 2.24) is 4.90 Å². The summed E-state index contributed by atoms with van der Waals surface area (Å²) in [7, 11) is 0. The Morgan fingerprint density at radius 2 is 1.80 bits per heavy atom. The first kappa shape index (κ1) is 10.8. The second-order valence-corrected chi connectivity index (χ2v) is 4.80. The number of rotatable bonds is 2. The second kappa shape index (κ2) is 4.05. The van der Waals surface area contributed by atoms with Gasteiger partial charge in [-0.25, -0.2) is 8.78 Å². The van der Waals surface area contributed by atoms with Gasteiger partial charge < -0.3 is 0 Å². The highest BCUT2D eigenvalue weighted by Gasteiger charge is 2.46. The Morgan fingerprint density at radius 1 is 1.20 bits per heavy atom. The topological polar surface area (TPSA) is 27.0 Å². The molecule has 1 saturated carbocycles. The van der Waals surface area contributed by atoms with Gasteiger partial charge in [0.15, 0.2) is 0 Å². The Morgan fingerprint density at radius 3 is 2.27 bits per heavy atom. The number of alkyl halides is 2. The first-order valence-corrected chi connectivity index (χ1v) is 5.59. The molecule has 2 fully saturated rings. The maximum atomic E-state index is 12.7. The van der Waals surface area contributed by atoms with Gasteiger partial charge in [-0.3, -0.25) is 4.90 Å². The fraction of sp³-hybridized carbons (Fsp3) is 0.909. The minimum atomic E-state index is -2.44. The number of hydrogen-bond donors (Lipinski definition) is 0. The van der Waals surface area contributed by atoms with Crippen LogP contribution < -0.4 is 0 Å². The average Bonchev–Trinajstić information content (AvgIpc) is 2.16. The molecule has 2 aliphatic rings. The number of likely N-dealkylation sites (tertiary alicyclic amines) is 1. The van der Waals surface area contributed by atoms with E-state index < -0.39 is 5.92 Å². The summed E-state index contributed by atoms with van der Waals surface area (Å²) in [5, 5.41) is 8.56. The summed E-state index contributed by atoms with van der Waals surface area (Å²) >= 11 is 0. The number of nitriles is 1. The van der Waals surface area contributed by atoms with E-state index in [0.717, 1.165) is 25.7 Å². The van der Waals surface area contributed by atoms with Gasteiger partial charge in [0.05, 0.1) is 19.2 Å². The number of nitrogens with zero attached hydrogens (tertiary/aromatic N) is 2. The van der Waals surface area contributed by atoms with Crippen LogP contribution in [0.25, 0.3) is 0 Å². The van der Waals surface area contributed by atoms with E-state index in [9.17, 15) is 8.78 Å². The molecule has 0 aromatic heterocycles. The minimum Gasteiger partial charge on any atom is -0.288 e. The molecule has 0 unspecified atom stereocenters. The van der Waals surface area contributed by atoms with Crippen molar-refractivity contribution in [3.05, 3.63) is 0 Å². The van der Waals surface area contributed by atoms with Crippen LogP contribution in [0.4, 0.5) is 8.78 Å². The largest absolute Gasteiger partial charge is 0.288 e. The SMILES string of the molecule is N#CCC1CCC(N2CC(F)(F)C2)CC1. The molecule has 1 aliphatic heterocycles. The van der Waals surface area contributed by atoms with E-state index in [2.05, 4.69) is 6.07 Å². The van der Waals surface area contributed by atoms with E-state index in [-0.39, 0.29) is 13.1 Å². The van der Waals surface area contributed by atoms with Gasteiger partial charge in [0.1, 0.15) is 0 Å². The molecular formula is C11H16F2N2. The third-order valence-corrected chi connectivity index (χ3v) is 3.58. The molecule has 0 atom stereocenters. The average molecular weight is 214 g/mol. The molecule has 0 spiro atoms. The molecule has 0 N–H and O–H groups in total. The third kappa shape index (κ3) is 2.46. The van der Waals surface area contributed by atoms with Crippen LogP contribution in [-0.2, 0) is 0 Å². The van der Waals surface area contributed by atoms with Crippen molar-refractivity contribution in [3.63, 3.8) is 0 Å². The lowest BCUT2D eigenvalue weighted by atomic mass is 9.83. The summed E-state index contributed by atoms with van der Waals surface area (Å²) in [6.07, 6.45) is 4.66. The van der Waals surface area contributed by atoms with E-state index in [0.29, 0.717) is 18.4 Å². The van der Waals surface area contributed by atoms with Crippen molar-refractivity contribution in [1.29, 1.82) is 5.26 Å². The van der Waals surface area contributed by atoms with Gasteiger partial charge in [-0.1, -0.05) is 0 Å². The minimum absolute atomic E-state index is 0.0550. The highest BCUT2D eigenvalue weighted by Crippen LogP contribution is 2.35. The fourth-order valence-electron chi connectivity index (χ4n) is 2.65. The Hall–Kier alpha value is -0.690. The van der Waals surface area contributed by atoms with Gasteiger partial charge in [0, 0.05) is 12.5 Å². The van der Waals surface area contributed by atoms with E-state index in [1.165, 1.54) is 0 Å². The van der Waals surface area contributed by atoms with Crippen molar-refractivity contribution in [2.75, 3.05) is 13.1 Å². The molecule has 0 bridgehead atoms.